The van der Waals surface area contributed by atoms with Crippen molar-refractivity contribution in [2.24, 2.45) is 0 Å². The number of halogens is 1. The van der Waals surface area contributed by atoms with E-state index in [0.29, 0.717) is 11.6 Å². The van der Waals surface area contributed by atoms with Crippen molar-refractivity contribution < 1.29 is 18.8 Å². The lowest BCUT2D eigenvalue weighted by Gasteiger charge is -2.15. The van der Waals surface area contributed by atoms with Gasteiger partial charge in [-0.25, -0.2) is 4.39 Å². The highest BCUT2D eigenvalue weighted by Gasteiger charge is 2.22. The van der Waals surface area contributed by atoms with Gasteiger partial charge >= 0.3 is 5.69 Å². The van der Waals surface area contributed by atoms with Gasteiger partial charge in [-0.15, -0.1) is 0 Å². The topological polar surface area (TPSA) is 81.5 Å². The van der Waals surface area contributed by atoms with Gasteiger partial charge in [0.15, 0.2) is 6.10 Å². The van der Waals surface area contributed by atoms with E-state index in [2.05, 4.69) is 19.2 Å². The van der Waals surface area contributed by atoms with Crippen LogP contribution in [0.5, 0.6) is 5.75 Å². The molecular weight excluding hydrogens is 327 g/mol. The molecule has 0 aliphatic rings. The van der Waals surface area contributed by atoms with E-state index in [4.69, 9.17) is 4.74 Å². The van der Waals surface area contributed by atoms with Gasteiger partial charge in [0.25, 0.3) is 5.91 Å². The average Bonchev–Trinajstić information content (AvgIpc) is 2.55. The van der Waals surface area contributed by atoms with Gasteiger partial charge in [0.1, 0.15) is 5.82 Å². The van der Waals surface area contributed by atoms with Crippen molar-refractivity contribution in [2.45, 2.75) is 32.8 Å². The van der Waals surface area contributed by atoms with Gasteiger partial charge in [0.05, 0.1) is 4.92 Å². The Labute approximate surface area is 144 Å². The van der Waals surface area contributed by atoms with Crippen molar-refractivity contribution in [2.75, 3.05) is 5.32 Å². The molecule has 25 heavy (non-hydrogen) atoms. The summed E-state index contributed by atoms with van der Waals surface area (Å²) < 4.78 is 18.6. The van der Waals surface area contributed by atoms with Crippen LogP contribution in [0.3, 0.4) is 0 Å². The van der Waals surface area contributed by atoms with E-state index >= 15 is 0 Å². The molecule has 2 rings (SSSR count). The summed E-state index contributed by atoms with van der Waals surface area (Å²) in [5.41, 5.74) is 1.32. The second-order valence-electron chi connectivity index (χ2n) is 5.90. The van der Waals surface area contributed by atoms with E-state index in [9.17, 15) is 19.3 Å². The molecule has 0 bridgehead atoms. The second kappa shape index (κ2) is 7.74. The summed E-state index contributed by atoms with van der Waals surface area (Å²) >= 11 is 0. The molecule has 1 amide bonds. The van der Waals surface area contributed by atoms with E-state index in [1.807, 2.05) is 12.1 Å². The number of ether oxygens (including phenoxy) is 1. The Morgan fingerprint density at radius 2 is 1.80 bits per heavy atom. The number of rotatable bonds is 6. The molecule has 0 heterocycles. The Morgan fingerprint density at radius 3 is 2.36 bits per heavy atom. The van der Waals surface area contributed by atoms with Crippen LogP contribution in [0.4, 0.5) is 15.8 Å². The molecule has 1 N–H and O–H groups in total. The van der Waals surface area contributed by atoms with Crippen LogP contribution in [-0.2, 0) is 4.79 Å². The zero-order valence-corrected chi connectivity index (χ0v) is 14.2. The number of nitrogens with zero attached hydrogens (tertiary/aromatic N) is 1. The molecule has 0 aromatic heterocycles. The molecule has 0 spiro atoms. The van der Waals surface area contributed by atoms with E-state index < -0.39 is 28.4 Å². The predicted molar refractivity (Wildman–Crippen MR) is 92.3 cm³/mol. The molecule has 1 atom stereocenters. The first-order valence-corrected chi connectivity index (χ1v) is 7.79. The summed E-state index contributed by atoms with van der Waals surface area (Å²) in [5, 5.41) is 13.6. The normalized spacial score (nSPS) is 11.9. The lowest BCUT2D eigenvalue weighted by atomic mass is 10.0. The number of carbonyl (C=O) groups excluding carboxylic acids is 1. The van der Waals surface area contributed by atoms with Crippen molar-refractivity contribution in [3.05, 3.63) is 64.0 Å². The van der Waals surface area contributed by atoms with Crippen LogP contribution in [0.25, 0.3) is 0 Å². The summed E-state index contributed by atoms with van der Waals surface area (Å²) in [6, 6.07) is 10.2. The van der Waals surface area contributed by atoms with E-state index in [1.165, 1.54) is 6.92 Å². The maximum atomic E-state index is 13.3. The Balaban J connectivity index is 2.08. The van der Waals surface area contributed by atoms with Crippen molar-refractivity contribution in [3.63, 3.8) is 0 Å². The van der Waals surface area contributed by atoms with Crippen LogP contribution >= 0.6 is 0 Å². The highest BCUT2D eigenvalue weighted by molar-refractivity contribution is 5.94. The third-order valence-electron chi connectivity index (χ3n) is 3.64. The third-order valence-corrected chi connectivity index (χ3v) is 3.64. The minimum atomic E-state index is -1.04. The molecular formula is C18H19FN2O4. The molecule has 7 heteroatoms. The zero-order valence-electron chi connectivity index (χ0n) is 14.2. The molecule has 0 unspecified atom stereocenters. The molecule has 0 saturated heterocycles. The van der Waals surface area contributed by atoms with Crippen molar-refractivity contribution >= 4 is 17.3 Å². The summed E-state index contributed by atoms with van der Waals surface area (Å²) in [6.07, 6.45) is -1.04. The minimum absolute atomic E-state index is 0.289. The molecule has 0 radical (unpaired) electrons. The smallest absolute Gasteiger partial charge is 0.311 e. The predicted octanol–water partition coefficient (Wildman–Crippen LogP) is 4.26. The van der Waals surface area contributed by atoms with Gasteiger partial charge in [0.2, 0.25) is 5.75 Å². The Bertz CT molecular complexity index is 775. The first kappa shape index (κ1) is 18.4. The molecule has 2 aromatic rings. The fourth-order valence-electron chi connectivity index (χ4n) is 2.17. The van der Waals surface area contributed by atoms with Gasteiger partial charge in [-0.3, -0.25) is 14.9 Å². The van der Waals surface area contributed by atoms with Crippen molar-refractivity contribution in [1.29, 1.82) is 0 Å². The number of amides is 1. The van der Waals surface area contributed by atoms with Gasteiger partial charge in [-0.1, -0.05) is 26.0 Å². The number of nitrogens with one attached hydrogen (secondary N) is 1. The summed E-state index contributed by atoms with van der Waals surface area (Å²) in [7, 11) is 0. The molecule has 0 saturated carbocycles. The minimum Gasteiger partial charge on any atom is -0.474 e. The Kier molecular flexibility index (Phi) is 5.69. The molecule has 132 valence electrons. The van der Waals surface area contributed by atoms with Gasteiger partial charge in [-0.05, 0) is 36.6 Å². The third kappa shape index (κ3) is 4.76. The highest BCUT2D eigenvalue weighted by atomic mass is 19.1. The Morgan fingerprint density at radius 1 is 1.16 bits per heavy atom. The highest BCUT2D eigenvalue weighted by Crippen LogP contribution is 2.28. The lowest BCUT2D eigenvalue weighted by molar-refractivity contribution is -0.386. The van der Waals surface area contributed by atoms with Crippen molar-refractivity contribution in [3.8, 4) is 5.75 Å². The number of benzene rings is 2. The number of nitro groups is 1. The second-order valence-corrected chi connectivity index (χ2v) is 5.90. The number of hydrogen-bond donors (Lipinski definition) is 1. The van der Waals surface area contributed by atoms with E-state index in [-0.39, 0.29) is 5.75 Å². The lowest BCUT2D eigenvalue weighted by Crippen LogP contribution is -2.30. The van der Waals surface area contributed by atoms with Crippen LogP contribution < -0.4 is 10.1 Å². The first-order valence-electron chi connectivity index (χ1n) is 7.79. The maximum Gasteiger partial charge on any atom is 0.311 e. The van der Waals surface area contributed by atoms with Gasteiger partial charge in [-0.2, -0.15) is 0 Å². The standard InChI is InChI=1S/C18H19FN2O4/c1-11(2)13-4-7-15(8-5-13)20-18(22)12(3)25-17-10-14(19)6-9-16(17)21(23)24/h4-12H,1-3H3,(H,20,22)/t12-/m1/s1. The summed E-state index contributed by atoms with van der Waals surface area (Å²) in [6.45, 7) is 5.57. The molecule has 0 aliphatic heterocycles. The number of anilines is 1. The fraction of sp³-hybridized carbons (Fsp3) is 0.278. The Hall–Kier alpha value is -2.96. The SMILES string of the molecule is CC(C)c1ccc(NC(=O)[C@@H](C)Oc2cc(F)ccc2[N+](=O)[O-])cc1. The van der Waals surface area contributed by atoms with Crippen LogP contribution in [0.1, 0.15) is 32.3 Å². The number of hydrogen-bond acceptors (Lipinski definition) is 4. The van der Waals surface area contributed by atoms with Gasteiger partial charge < -0.3 is 10.1 Å². The number of carbonyl (C=O) groups is 1. The fourth-order valence-corrected chi connectivity index (χ4v) is 2.17. The maximum absolute atomic E-state index is 13.3. The van der Waals surface area contributed by atoms with Crippen LogP contribution in [-0.4, -0.2) is 16.9 Å². The van der Waals surface area contributed by atoms with Crippen molar-refractivity contribution in [1.82, 2.24) is 0 Å². The van der Waals surface area contributed by atoms with Crippen LogP contribution in [0, 0.1) is 15.9 Å². The monoisotopic (exact) mass is 346 g/mol. The molecule has 0 fully saturated rings. The summed E-state index contributed by atoms with van der Waals surface area (Å²) in [5.74, 6) is -1.09. The van der Waals surface area contributed by atoms with Crippen LogP contribution in [0.15, 0.2) is 42.5 Å². The van der Waals surface area contributed by atoms with Crippen LogP contribution in [0.2, 0.25) is 0 Å². The van der Waals surface area contributed by atoms with E-state index in [1.54, 1.807) is 12.1 Å². The first-order chi connectivity index (χ1) is 11.8. The average molecular weight is 346 g/mol. The molecule has 6 nitrogen and oxygen atoms in total. The zero-order chi connectivity index (χ0) is 18.6. The van der Waals surface area contributed by atoms with E-state index in [0.717, 1.165) is 23.8 Å². The quantitative estimate of drug-likeness (QED) is 0.626. The summed E-state index contributed by atoms with van der Waals surface area (Å²) in [4.78, 5) is 22.5. The largest absolute Gasteiger partial charge is 0.474 e. The van der Waals surface area contributed by atoms with Gasteiger partial charge in [0, 0.05) is 17.8 Å². The number of nitro benzene ring substituents is 1. The molecule has 2 aromatic carbocycles. The molecule has 0 aliphatic carbocycles.